The number of amides is 1. The Balaban J connectivity index is 1.50. The van der Waals surface area contributed by atoms with E-state index >= 15 is 0 Å². The van der Waals surface area contributed by atoms with Crippen molar-refractivity contribution in [2.75, 3.05) is 11.4 Å². The Hall–Kier alpha value is -1.66. The lowest BCUT2D eigenvalue weighted by Gasteiger charge is -2.26. The van der Waals surface area contributed by atoms with E-state index in [1.165, 1.54) is 23.3 Å². The lowest BCUT2D eigenvalue weighted by atomic mass is 9.93. The van der Waals surface area contributed by atoms with Gasteiger partial charge in [-0.15, -0.1) is 11.3 Å². The summed E-state index contributed by atoms with van der Waals surface area (Å²) in [6.45, 7) is 2.72. The van der Waals surface area contributed by atoms with Crippen LogP contribution in [0.4, 0.5) is 5.82 Å². The number of fused-ring (bicyclic) bond motifs is 1. The van der Waals surface area contributed by atoms with E-state index in [1.807, 2.05) is 36.3 Å². The number of carbonyl (C=O) groups is 1. The van der Waals surface area contributed by atoms with Crippen LogP contribution in [0.3, 0.4) is 0 Å². The summed E-state index contributed by atoms with van der Waals surface area (Å²) in [5.74, 6) is 1.08. The molecule has 2 atom stereocenters. The van der Waals surface area contributed by atoms with Crippen LogP contribution in [0.2, 0.25) is 0 Å². The van der Waals surface area contributed by atoms with Crippen LogP contribution in [0.5, 0.6) is 0 Å². The maximum absolute atomic E-state index is 12.8. The number of nitrogens with zero attached hydrogens (tertiary/aromatic N) is 3. The quantitative estimate of drug-likeness (QED) is 0.941. The van der Waals surface area contributed by atoms with E-state index in [1.54, 1.807) is 4.68 Å². The topological polar surface area (TPSA) is 50.2 Å². The summed E-state index contributed by atoms with van der Waals surface area (Å²) in [4.78, 5) is 16.2. The highest BCUT2D eigenvalue weighted by atomic mass is 32.1. The molecule has 1 N–H and O–H groups in total. The molecule has 0 aromatic carbocycles. The van der Waals surface area contributed by atoms with Crippen LogP contribution in [0.15, 0.2) is 17.5 Å². The van der Waals surface area contributed by atoms with Gasteiger partial charge in [0, 0.05) is 30.6 Å². The van der Waals surface area contributed by atoms with Gasteiger partial charge in [-0.25, -0.2) is 0 Å². The Bertz CT molecular complexity index is 735. The van der Waals surface area contributed by atoms with Gasteiger partial charge in [0.1, 0.15) is 5.82 Å². The minimum absolute atomic E-state index is 0.0824. The predicted octanol–water partition coefficient (Wildman–Crippen LogP) is 2.56. The summed E-state index contributed by atoms with van der Waals surface area (Å²) in [5.41, 5.74) is 2.35. The van der Waals surface area contributed by atoms with E-state index in [9.17, 15) is 4.79 Å². The molecule has 3 heterocycles. The molecule has 1 amide bonds. The second-order valence-electron chi connectivity index (χ2n) is 6.51. The molecule has 122 valence electrons. The van der Waals surface area contributed by atoms with Gasteiger partial charge >= 0.3 is 0 Å². The summed E-state index contributed by atoms with van der Waals surface area (Å²) < 4.78 is 1.80. The average molecular weight is 330 g/mol. The summed E-state index contributed by atoms with van der Waals surface area (Å²) in [6, 6.07) is 4.45. The average Bonchev–Trinajstić information content (AvgIpc) is 3.20. The molecule has 1 aliphatic heterocycles. The molecule has 0 spiro atoms. The van der Waals surface area contributed by atoms with Crippen LogP contribution in [-0.2, 0) is 18.3 Å². The third-order valence-corrected chi connectivity index (χ3v) is 5.91. The van der Waals surface area contributed by atoms with Crippen molar-refractivity contribution in [1.29, 1.82) is 0 Å². The molecule has 4 rings (SSSR count). The summed E-state index contributed by atoms with van der Waals surface area (Å²) in [5, 5.41) is 10.2. The maximum atomic E-state index is 12.8. The van der Waals surface area contributed by atoms with Crippen LogP contribution in [0, 0.1) is 6.92 Å². The molecule has 0 unspecified atom stereocenters. The van der Waals surface area contributed by atoms with Crippen molar-refractivity contribution in [2.45, 2.75) is 44.7 Å². The third kappa shape index (κ3) is 2.60. The fourth-order valence-corrected chi connectivity index (χ4v) is 4.80. The standard InChI is InChI=1S/C17H22N4OS/c1-11-10-16(20(2)19-11)21-8-6-14(17(21)22)18-13-4-3-5-15-12(13)7-9-23-15/h7,9-10,13-14,18H,3-6,8H2,1-2H3/t13-,14-/m1/s1. The normalized spacial score (nSPS) is 24.3. The van der Waals surface area contributed by atoms with Crippen molar-refractivity contribution >= 4 is 23.1 Å². The first kappa shape index (κ1) is 14.9. The van der Waals surface area contributed by atoms with E-state index in [2.05, 4.69) is 21.9 Å². The molecule has 1 aliphatic carbocycles. The van der Waals surface area contributed by atoms with E-state index in [4.69, 9.17) is 0 Å². The second-order valence-corrected chi connectivity index (χ2v) is 7.51. The van der Waals surface area contributed by atoms with Gasteiger partial charge in [-0.1, -0.05) is 0 Å². The van der Waals surface area contributed by atoms with E-state index in [0.717, 1.165) is 30.9 Å². The van der Waals surface area contributed by atoms with Gasteiger partial charge in [-0.05, 0) is 49.6 Å². The number of aromatic nitrogens is 2. The van der Waals surface area contributed by atoms with Gasteiger partial charge in [0.05, 0.1) is 11.7 Å². The van der Waals surface area contributed by atoms with Crippen molar-refractivity contribution < 1.29 is 4.79 Å². The van der Waals surface area contributed by atoms with Crippen LogP contribution >= 0.6 is 11.3 Å². The van der Waals surface area contributed by atoms with Gasteiger partial charge in [-0.2, -0.15) is 5.10 Å². The molecule has 23 heavy (non-hydrogen) atoms. The van der Waals surface area contributed by atoms with E-state index in [-0.39, 0.29) is 11.9 Å². The smallest absolute Gasteiger partial charge is 0.245 e. The molecule has 1 fully saturated rings. The Morgan fingerprint density at radius 3 is 3.00 bits per heavy atom. The van der Waals surface area contributed by atoms with Gasteiger partial charge in [0.2, 0.25) is 5.91 Å². The van der Waals surface area contributed by atoms with Crippen molar-refractivity contribution in [1.82, 2.24) is 15.1 Å². The Kier molecular flexibility index (Phi) is 3.73. The highest BCUT2D eigenvalue weighted by Gasteiger charge is 2.36. The van der Waals surface area contributed by atoms with Gasteiger partial charge < -0.3 is 0 Å². The Morgan fingerprint density at radius 1 is 1.35 bits per heavy atom. The molecule has 0 radical (unpaired) electrons. The van der Waals surface area contributed by atoms with Crippen LogP contribution in [-0.4, -0.2) is 28.3 Å². The molecule has 2 aromatic heterocycles. The monoisotopic (exact) mass is 330 g/mol. The predicted molar refractivity (Wildman–Crippen MR) is 91.8 cm³/mol. The fourth-order valence-electron chi connectivity index (χ4n) is 3.81. The lowest BCUT2D eigenvalue weighted by Crippen LogP contribution is -2.41. The number of nitrogens with one attached hydrogen (secondary N) is 1. The van der Waals surface area contributed by atoms with Crippen molar-refractivity contribution in [3.63, 3.8) is 0 Å². The molecule has 0 bridgehead atoms. The third-order valence-electron chi connectivity index (χ3n) is 4.91. The number of carbonyl (C=O) groups excluding carboxylic acids is 1. The van der Waals surface area contributed by atoms with Gasteiger partial charge in [-0.3, -0.25) is 19.7 Å². The largest absolute Gasteiger partial charge is 0.299 e. The number of hydrogen-bond acceptors (Lipinski definition) is 4. The van der Waals surface area contributed by atoms with Gasteiger partial charge in [0.15, 0.2) is 0 Å². The molecule has 1 saturated heterocycles. The first-order chi connectivity index (χ1) is 11.1. The first-order valence-electron chi connectivity index (χ1n) is 8.28. The SMILES string of the molecule is Cc1cc(N2CC[C@@H](N[C@@H]3CCCc4sccc43)C2=O)n(C)n1. The Labute approximate surface area is 140 Å². The molecule has 6 heteroatoms. The zero-order chi connectivity index (χ0) is 16.0. The summed E-state index contributed by atoms with van der Waals surface area (Å²) in [6.07, 6.45) is 4.37. The lowest BCUT2D eigenvalue weighted by molar-refractivity contribution is -0.119. The highest BCUT2D eigenvalue weighted by Crippen LogP contribution is 2.34. The number of hydrogen-bond donors (Lipinski definition) is 1. The number of thiophene rings is 1. The van der Waals surface area contributed by atoms with Crippen LogP contribution < -0.4 is 10.2 Å². The van der Waals surface area contributed by atoms with Crippen molar-refractivity contribution in [2.24, 2.45) is 7.05 Å². The minimum atomic E-state index is -0.0824. The van der Waals surface area contributed by atoms with Crippen molar-refractivity contribution in [3.8, 4) is 0 Å². The van der Waals surface area contributed by atoms with Gasteiger partial charge in [0.25, 0.3) is 0 Å². The molecule has 0 saturated carbocycles. The highest BCUT2D eigenvalue weighted by molar-refractivity contribution is 7.10. The molecular weight excluding hydrogens is 308 g/mol. The van der Waals surface area contributed by atoms with E-state index < -0.39 is 0 Å². The number of aryl methyl sites for hydroxylation is 3. The fraction of sp³-hybridized carbons (Fsp3) is 0.529. The summed E-state index contributed by atoms with van der Waals surface area (Å²) in [7, 11) is 1.90. The van der Waals surface area contributed by atoms with Crippen LogP contribution in [0.25, 0.3) is 0 Å². The zero-order valence-electron chi connectivity index (χ0n) is 13.6. The molecule has 5 nitrogen and oxygen atoms in total. The maximum Gasteiger partial charge on any atom is 0.245 e. The van der Waals surface area contributed by atoms with Crippen LogP contribution in [0.1, 0.15) is 41.4 Å². The zero-order valence-corrected chi connectivity index (χ0v) is 14.4. The summed E-state index contributed by atoms with van der Waals surface area (Å²) >= 11 is 1.84. The Morgan fingerprint density at radius 2 is 2.22 bits per heavy atom. The minimum Gasteiger partial charge on any atom is -0.299 e. The second kappa shape index (κ2) is 5.76. The first-order valence-corrected chi connectivity index (χ1v) is 9.16. The number of rotatable bonds is 3. The molecular formula is C17H22N4OS. The van der Waals surface area contributed by atoms with E-state index in [0.29, 0.717) is 6.04 Å². The molecule has 2 aromatic rings. The number of anilines is 1. The molecule has 2 aliphatic rings. The van der Waals surface area contributed by atoms with Crippen molar-refractivity contribution in [3.05, 3.63) is 33.6 Å².